The Labute approximate surface area is 191 Å². The second-order valence-corrected chi connectivity index (χ2v) is 8.05. The SMILES string of the molecule is COc1ccc(-c2nnc(SCc3ccccc3C#N)n2-c2cccc(C)c2)cc1OC. The van der Waals surface area contributed by atoms with Crippen molar-refractivity contribution in [2.24, 2.45) is 0 Å². The number of rotatable bonds is 7. The monoisotopic (exact) mass is 442 g/mol. The Bertz CT molecular complexity index is 1290. The third kappa shape index (κ3) is 4.32. The Morgan fingerprint density at radius 2 is 1.75 bits per heavy atom. The van der Waals surface area contributed by atoms with Gasteiger partial charge in [0, 0.05) is 17.0 Å². The van der Waals surface area contributed by atoms with Crippen LogP contribution in [0.2, 0.25) is 0 Å². The molecule has 6 nitrogen and oxygen atoms in total. The van der Waals surface area contributed by atoms with Crippen LogP contribution in [-0.2, 0) is 5.75 Å². The molecule has 0 aliphatic heterocycles. The van der Waals surface area contributed by atoms with Gasteiger partial charge < -0.3 is 9.47 Å². The van der Waals surface area contributed by atoms with Crippen LogP contribution in [0, 0.1) is 18.3 Å². The van der Waals surface area contributed by atoms with Crippen LogP contribution in [0.25, 0.3) is 17.1 Å². The summed E-state index contributed by atoms with van der Waals surface area (Å²) in [6.45, 7) is 2.06. The van der Waals surface area contributed by atoms with Crippen LogP contribution >= 0.6 is 11.8 Å². The number of benzene rings is 3. The largest absolute Gasteiger partial charge is 0.493 e. The molecule has 160 valence electrons. The van der Waals surface area contributed by atoms with Crippen LogP contribution in [0.4, 0.5) is 0 Å². The van der Waals surface area contributed by atoms with Gasteiger partial charge in [-0.1, -0.05) is 42.1 Å². The van der Waals surface area contributed by atoms with Gasteiger partial charge >= 0.3 is 0 Å². The molecule has 4 aromatic rings. The molecule has 0 amide bonds. The highest BCUT2D eigenvalue weighted by atomic mass is 32.2. The number of thioether (sulfide) groups is 1. The van der Waals surface area contributed by atoms with Gasteiger partial charge in [-0.3, -0.25) is 4.57 Å². The number of aromatic nitrogens is 3. The van der Waals surface area contributed by atoms with E-state index in [-0.39, 0.29) is 0 Å². The van der Waals surface area contributed by atoms with Gasteiger partial charge in [-0.15, -0.1) is 10.2 Å². The van der Waals surface area contributed by atoms with Gasteiger partial charge in [0.25, 0.3) is 0 Å². The van der Waals surface area contributed by atoms with Crippen LogP contribution in [0.15, 0.2) is 71.9 Å². The molecule has 1 aromatic heterocycles. The van der Waals surface area contributed by atoms with Crippen molar-refractivity contribution >= 4 is 11.8 Å². The highest BCUT2D eigenvalue weighted by Gasteiger charge is 2.18. The topological polar surface area (TPSA) is 73.0 Å². The van der Waals surface area contributed by atoms with E-state index in [1.54, 1.807) is 26.0 Å². The molecular weight excluding hydrogens is 420 g/mol. The van der Waals surface area contributed by atoms with Gasteiger partial charge in [0.05, 0.1) is 25.9 Å². The zero-order valence-corrected chi connectivity index (χ0v) is 18.9. The van der Waals surface area contributed by atoms with Gasteiger partial charge in [0.2, 0.25) is 0 Å². The summed E-state index contributed by atoms with van der Waals surface area (Å²) in [4.78, 5) is 0. The van der Waals surface area contributed by atoms with Crippen LogP contribution in [0.1, 0.15) is 16.7 Å². The van der Waals surface area contributed by atoms with Gasteiger partial charge in [-0.2, -0.15) is 5.26 Å². The van der Waals surface area contributed by atoms with E-state index in [4.69, 9.17) is 9.47 Å². The van der Waals surface area contributed by atoms with E-state index in [9.17, 15) is 5.26 Å². The fourth-order valence-electron chi connectivity index (χ4n) is 3.42. The van der Waals surface area contributed by atoms with Gasteiger partial charge in [0.15, 0.2) is 22.5 Å². The lowest BCUT2D eigenvalue weighted by Crippen LogP contribution is -2.01. The normalized spacial score (nSPS) is 10.6. The first kappa shape index (κ1) is 21.5. The molecule has 3 aromatic carbocycles. The highest BCUT2D eigenvalue weighted by Crippen LogP contribution is 2.35. The van der Waals surface area contributed by atoms with E-state index < -0.39 is 0 Å². The fraction of sp³-hybridized carbons (Fsp3) is 0.160. The molecular formula is C25H22N4O2S. The molecule has 0 atom stereocenters. The van der Waals surface area contributed by atoms with E-state index >= 15 is 0 Å². The maximum absolute atomic E-state index is 9.41. The molecule has 0 spiro atoms. The van der Waals surface area contributed by atoms with Crippen molar-refractivity contribution in [2.45, 2.75) is 17.8 Å². The van der Waals surface area contributed by atoms with Crippen molar-refractivity contribution in [3.8, 4) is 34.6 Å². The molecule has 0 unspecified atom stereocenters. The average molecular weight is 443 g/mol. The van der Waals surface area contributed by atoms with Gasteiger partial charge in [-0.25, -0.2) is 0 Å². The van der Waals surface area contributed by atoms with Crippen molar-refractivity contribution in [2.75, 3.05) is 14.2 Å². The number of methoxy groups -OCH3 is 2. The van der Waals surface area contributed by atoms with E-state index in [1.165, 1.54) is 0 Å². The molecule has 7 heteroatoms. The lowest BCUT2D eigenvalue weighted by Gasteiger charge is -2.13. The molecule has 0 aliphatic rings. The summed E-state index contributed by atoms with van der Waals surface area (Å²) in [7, 11) is 3.22. The first-order valence-electron chi connectivity index (χ1n) is 10.00. The Morgan fingerprint density at radius 3 is 2.50 bits per heavy atom. The quantitative estimate of drug-likeness (QED) is 0.356. The second-order valence-electron chi connectivity index (χ2n) is 7.11. The summed E-state index contributed by atoms with van der Waals surface area (Å²) in [5.41, 5.74) is 4.60. The Morgan fingerprint density at radius 1 is 0.938 bits per heavy atom. The molecule has 0 N–H and O–H groups in total. The highest BCUT2D eigenvalue weighted by molar-refractivity contribution is 7.98. The summed E-state index contributed by atoms with van der Waals surface area (Å²) in [6.07, 6.45) is 0. The average Bonchev–Trinajstić information content (AvgIpc) is 3.26. The Balaban J connectivity index is 1.78. The minimum absolute atomic E-state index is 0.611. The molecule has 0 bridgehead atoms. The van der Waals surface area contributed by atoms with Crippen LogP contribution in [0.5, 0.6) is 11.5 Å². The first-order valence-corrected chi connectivity index (χ1v) is 11.0. The summed E-state index contributed by atoms with van der Waals surface area (Å²) in [5, 5.41) is 19.1. The number of nitriles is 1. The van der Waals surface area contributed by atoms with Crippen molar-refractivity contribution in [1.29, 1.82) is 5.26 Å². The molecule has 0 radical (unpaired) electrons. The van der Waals surface area contributed by atoms with Crippen molar-refractivity contribution in [1.82, 2.24) is 14.8 Å². The number of nitrogens with zero attached hydrogens (tertiary/aromatic N) is 4. The lowest BCUT2D eigenvalue weighted by molar-refractivity contribution is 0.355. The molecule has 32 heavy (non-hydrogen) atoms. The third-order valence-corrected chi connectivity index (χ3v) is 6.01. The number of hydrogen-bond donors (Lipinski definition) is 0. The fourth-order valence-corrected chi connectivity index (χ4v) is 4.38. The van der Waals surface area contributed by atoms with Crippen LogP contribution < -0.4 is 9.47 Å². The molecule has 0 fully saturated rings. The summed E-state index contributed by atoms with van der Waals surface area (Å²) < 4.78 is 12.9. The molecule has 4 rings (SSSR count). The maximum atomic E-state index is 9.41. The van der Waals surface area contributed by atoms with Crippen molar-refractivity contribution in [3.63, 3.8) is 0 Å². The summed E-state index contributed by atoms with van der Waals surface area (Å²) in [5.74, 6) is 2.59. The Kier molecular flexibility index (Phi) is 6.43. The van der Waals surface area contributed by atoms with Crippen LogP contribution in [-0.4, -0.2) is 29.0 Å². The second kappa shape index (κ2) is 9.58. The molecule has 1 heterocycles. The smallest absolute Gasteiger partial charge is 0.196 e. The number of ether oxygens (including phenoxy) is 2. The zero-order chi connectivity index (χ0) is 22.5. The number of hydrogen-bond acceptors (Lipinski definition) is 6. The summed E-state index contributed by atoms with van der Waals surface area (Å²) >= 11 is 1.55. The predicted octanol–water partition coefficient (Wildman–Crippen LogP) is 5.42. The minimum Gasteiger partial charge on any atom is -0.493 e. The van der Waals surface area contributed by atoms with E-state index in [2.05, 4.69) is 35.3 Å². The minimum atomic E-state index is 0.611. The lowest BCUT2D eigenvalue weighted by atomic mass is 10.1. The first-order chi connectivity index (χ1) is 15.6. The zero-order valence-electron chi connectivity index (χ0n) is 18.1. The van der Waals surface area contributed by atoms with Crippen molar-refractivity contribution in [3.05, 3.63) is 83.4 Å². The third-order valence-electron chi connectivity index (χ3n) is 5.03. The Hall–Kier alpha value is -3.76. The summed E-state index contributed by atoms with van der Waals surface area (Å²) in [6, 6.07) is 23.8. The van der Waals surface area contributed by atoms with Crippen LogP contribution in [0.3, 0.4) is 0 Å². The predicted molar refractivity (Wildman–Crippen MR) is 125 cm³/mol. The van der Waals surface area contributed by atoms with Gasteiger partial charge in [0.1, 0.15) is 0 Å². The van der Waals surface area contributed by atoms with E-state index in [1.807, 2.05) is 59.2 Å². The van der Waals surface area contributed by atoms with Crippen molar-refractivity contribution < 1.29 is 9.47 Å². The molecule has 0 aliphatic carbocycles. The van der Waals surface area contributed by atoms with Gasteiger partial charge in [-0.05, 0) is 54.4 Å². The maximum Gasteiger partial charge on any atom is 0.196 e. The molecule has 0 saturated heterocycles. The number of aryl methyl sites for hydroxylation is 1. The molecule has 0 saturated carbocycles. The standard InChI is InChI=1S/C25H22N4O2S/c1-17-7-6-10-21(13-17)29-24(18-11-12-22(30-2)23(14-18)31-3)27-28-25(29)32-16-20-9-5-4-8-19(20)15-26/h4-14H,16H2,1-3H3. The van der Waals surface area contributed by atoms with E-state index in [0.717, 1.165) is 27.5 Å². The van der Waals surface area contributed by atoms with E-state index in [0.29, 0.717) is 28.6 Å².